The van der Waals surface area contributed by atoms with Gasteiger partial charge in [-0.3, -0.25) is 24.0 Å². The van der Waals surface area contributed by atoms with Gasteiger partial charge in [0.1, 0.15) is 189 Å². The molecular formula is C63H105N5O46. The minimum Gasteiger partial charge on any atom is -0.477 e. The maximum Gasteiger partial charge on any atom is 0.364 e. The van der Waals surface area contributed by atoms with Crippen molar-refractivity contribution < 1.29 is 227 Å². The van der Waals surface area contributed by atoms with Crippen LogP contribution in [0.4, 0.5) is 0 Å². The molecule has 8 saturated heterocycles. The highest BCUT2D eigenvalue weighted by atomic mass is 16.8. The zero-order chi connectivity index (χ0) is 84.4. The molecule has 0 unspecified atom stereocenters. The van der Waals surface area contributed by atoms with Crippen LogP contribution in [0, 0.1) is 0 Å². The summed E-state index contributed by atoms with van der Waals surface area (Å²) >= 11 is 0. The fraction of sp³-hybridized carbons (Fsp3) is 0.905. The van der Waals surface area contributed by atoms with Gasteiger partial charge < -0.3 is 225 Å². The molecule has 5 amide bonds. The summed E-state index contributed by atoms with van der Waals surface area (Å²) in [5.41, 5.74) is 0. The molecule has 0 bridgehead atoms. The zero-order valence-corrected chi connectivity index (χ0v) is 61.2. The Labute approximate surface area is 645 Å². The van der Waals surface area contributed by atoms with Crippen molar-refractivity contribution in [1.82, 2.24) is 26.6 Å². The van der Waals surface area contributed by atoms with Crippen molar-refractivity contribution in [2.24, 2.45) is 0 Å². The minimum absolute atomic E-state index is 0.246. The molecule has 0 radical (unpaired) electrons. The predicted octanol–water partition coefficient (Wildman–Crippen LogP) is -19.5. The van der Waals surface area contributed by atoms with Crippen LogP contribution >= 0.6 is 0 Å². The fourth-order valence-corrected chi connectivity index (χ4v) is 14.3. The Morgan fingerprint density at radius 3 is 1.21 bits per heavy atom. The van der Waals surface area contributed by atoms with Gasteiger partial charge in [-0.15, -0.1) is 0 Å². The SMILES string of the molecule is CC(=O)N[C@H]1[C@H](OC[C@H]2O[C@@H](O[C@H]3[C@H](O)[C@@H](NC(C)=O)[C@H](O[C@H]4[C@@H](O)[C@@H](CO)O[C@@H](O[C@H]5[C@H](O)[C@@H](O)[C@H](OC[C@@H](CO)NC=O)O[C@@H]5CO)[C@@H]4O)O[C@@H]3CO)[C@H](O)[C@@H](O[C@H]3O[C@H](CO)[C@@H](O)[C@H](O)[C@H]3NC(C)=O)[C@H]2O)O[C@H](CO)[C@@H](O[C@@H]2O[C@H](CO)[C@H](O)[C@H](O[C@]3(C(=O)O)C[C@H](O)[C@@H](NC(C)=O)[C@H]([C@H](O)[C@H](O)CO)O3)[C@H]2O)[C@@H]1O. The van der Waals surface area contributed by atoms with Gasteiger partial charge in [0.05, 0.1) is 84.3 Å². The number of carbonyl (C=O) groups excluding carboxylic acids is 5. The number of rotatable bonds is 35. The Morgan fingerprint density at radius 2 is 0.772 bits per heavy atom. The number of carboxylic acid groups (broad SMARTS) is 1. The first-order valence-electron chi connectivity index (χ1n) is 36.0. The molecule has 0 aliphatic carbocycles. The van der Waals surface area contributed by atoms with E-state index in [1.807, 2.05) is 0 Å². The molecule has 0 saturated carbocycles. The van der Waals surface area contributed by atoms with Crippen LogP contribution in [0.5, 0.6) is 0 Å². The van der Waals surface area contributed by atoms with E-state index in [4.69, 9.17) is 75.8 Å². The standard InChI is InChI=1S/C63H105N5O46/c1-17(78)65-31-22(82)5-63(62(97)98,113-51(31)35(84)23(83)7-70)114-54-38(87)26(10-73)103-61(47(54)96)109-48-27(11-74)104-55(33(41(48)90)67-19(3)80)100-15-30-39(88)53(112-56-32(66-18(2)79)40(89)36(85)24(8-71)101-56)46(95)60(107-30)108-49-28(12-75)105-57(34(42(49)91)68-20(4)81)111-52-37(86)25(9-72)102-59(45(52)94)110-50-29(13-76)106-58(44(93)43(50)92)99-14-21(6-69)64-16-77/h16,21-61,69-76,82-96H,5-15H2,1-4H3,(H,64,77)(H,65,78)(H,66,79)(H,67,80)(H,68,81)(H,97,98)/t21-,22+,23-,24-,25-,26-,27-,28-,29-,30-,31-,32-,33-,34-,35-,36-,37+,38+,39+,40-,41-,42-,43-,44-,45-,46-,47-,48-,49-,50-,51-,52+,53+,54+,55-,56-,57+,58-,59+,60+,61+,63+/m1/s1. The summed E-state index contributed by atoms with van der Waals surface area (Å²) in [5, 5.41) is 277. The van der Waals surface area contributed by atoms with Crippen LogP contribution < -0.4 is 26.6 Å². The Morgan fingerprint density at radius 1 is 0.404 bits per heavy atom. The third-order valence-corrected chi connectivity index (χ3v) is 20.2. The predicted molar refractivity (Wildman–Crippen MR) is 352 cm³/mol. The van der Waals surface area contributed by atoms with Crippen molar-refractivity contribution in [3.8, 4) is 0 Å². The van der Waals surface area contributed by atoms with Crippen LogP contribution in [0.25, 0.3) is 0 Å². The first-order chi connectivity index (χ1) is 53.9. The van der Waals surface area contributed by atoms with Crippen LogP contribution in [0.3, 0.4) is 0 Å². The van der Waals surface area contributed by atoms with Crippen molar-refractivity contribution in [2.45, 2.75) is 291 Å². The lowest BCUT2D eigenvalue weighted by molar-refractivity contribution is -0.389. The number of aliphatic hydroxyl groups excluding tert-OH is 23. The number of aliphatic carboxylic acids is 1. The van der Waals surface area contributed by atoms with Crippen LogP contribution in [0.2, 0.25) is 0 Å². The maximum absolute atomic E-state index is 13.2. The number of nitrogens with one attached hydrogen (secondary N) is 5. The second kappa shape index (κ2) is 42.0. The second-order valence-electron chi connectivity index (χ2n) is 28.3. The van der Waals surface area contributed by atoms with Gasteiger partial charge in [0.25, 0.3) is 5.79 Å². The van der Waals surface area contributed by atoms with Crippen LogP contribution in [-0.2, 0) is 105 Å². The summed E-state index contributed by atoms with van der Waals surface area (Å²) in [5.74, 6) is -9.10. The van der Waals surface area contributed by atoms with E-state index in [1.165, 1.54) is 0 Å². The molecule has 8 aliphatic heterocycles. The van der Waals surface area contributed by atoms with E-state index in [-0.39, 0.29) is 6.41 Å². The van der Waals surface area contributed by atoms with Gasteiger partial charge in [0.2, 0.25) is 30.0 Å². The highest BCUT2D eigenvalue weighted by Gasteiger charge is 2.63. The van der Waals surface area contributed by atoms with Crippen LogP contribution in [0.1, 0.15) is 34.1 Å². The quantitative estimate of drug-likeness (QED) is 0.0262. The molecule has 8 rings (SSSR count). The average molecular weight is 1670 g/mol. The molecule has 0 spiro atoms. The minimum atomic E-state index is -3.27. The van der Waals surface area contributed by atoms with E-state index < -0.39 is 359 Å². The lowest BCUT2D eigenvalue weighted by atomic mass is 9.88. The summed E-state index contributed by atoms with van der Waals surface area (Å²) in [6, 6.07) is -8.49. The van der Waals surface area contributed by atoms with E-state index in [9.17, 15) is 151 Å². The van der Waals surface area contributed by atoms with Crippen molar-refractivity contribution in [1.29, 1.82) is 0 Å². The molecule has 51 nitrogen and oxygen atoms in total. The highest BCUT2D eigenvalue weighted by Crippen LogP contribution is 2.41. The molecule has 0 aromatic carbocycles. The zero-order valence-electron chi connectivity index (χ0n) is 61.2. The lowest BCUT2D eigenvalue weighted by Gasteiger charge is -2.51. The average Bonchev–Trinajstić information content (AvgIpc) is 0.757. The van der Waals surface area contributed by atoms with Crippen molar-refractivity contribution in [3.05, 3.63) is 0 Å². The Kier molecular flexibility index (Phi) is 34.9. The first-order valence-corrected chi connectivity index (χ1v) is 36.0. The number of aliphatic hydroxyl groups is 23. The number of carbonyl (C=O) groups is 6. The van der Waals surface area contributed by atoms with E-state index in [0.717, 1.165) is 27.7 Å². The molecule has 0 aromatic rings. The molecule has 8 heterocycles. The largest absolute Gasteiger partial charge is 0.477 e. The summed E-state index contributed by atoms with van der Waals surface area (Å²) in [6.07, 6.45) is -76.9. The van der Waals surface area contributed by atoms with E-state index in [0.29, 0.717) is 0 Å². The molecule has 51 heteroatoms. The Bertz CT molecular complexity index is 3060. The van der Waals surface area contributed by atoms with E-state index in [1.54, 1.807) is 0 Å². The van der Waals surface area contributed by atoms with Gasteiger partial charge in [-0.2, -0.15) is 0 Å². The Balaban J connectivity index is 1.05. The number of carboxylic acids is 1. The van der Waals surface area contributed by atoms with Crippen LogP contribution in [-0.4, -0.2) is 482 Å². The lowest BCUT2D eigenvalue weighted by Crippen LogP contribution is -2.71. The highest BCUT2D eigenvalue weighted by molar-refractivity contribution is 5.77. The third kappa shape index (κ3) is 21.5. The molecule has 0 aromatic heterocycles. The monoisotopic (exact) mass is 1670 g/mol. The molecule has 29 N–H and O–H groups in total. The number of hydrogen-bond donors (Lipinski definition) is 29. The van der Waals surface area contributed by atoms with Gasteiger partial charge in [-0.1, -0.05) is 0 Å². The summed E-state index contributed by atoms with van der Waals surface area (Å²) in [4.78, 5) is 75.0. The van der Waals surface area contributed by atoms with E-state index >= 15 is 0 Å². The number of ether oxygens (including phenoxy) is 16. The summed E-state index contributed by atoms with van der Waals surface area (Å²) in [7, 11) is 0. The topological polar surface area (TPSA) is 796 Å². The van der Waals surface area contributed by atoms with Crippen molar-refractivity contribution >= 4 is 36.0 Å². The molecule has 42 atom stereocenters. The fourth-order valence-electron chi connectivity index (χ4n) is 14.3. The van der Waals surface area contributed by atoms with Crippen molar-refractivity contribution in [2.75, 3.05) is 66.1 Å². The molecule has 8 fully saturated rings. The van der Waals surface area contributed by atoms with E-state index in [2.05, 4.69) is 26.6 Å². The second-order valence-corrected chi connectivity index (χ2v) is 28.3. The summed E-state index contributed by atoms with van der Waals surface area (Å²) < 4.78 is 93.7. The van der Waals surface area contributed by atoms with Gasteiger partial charge in [-0.25, -0.2) is 4.79 Å². The van der Waals surface area contributed by atoms with Gasteiger partial charge in [-0.05, 0) is 0 Å². The molecular weight excluding hydrogens is 1560 g/mol. The van der Waals surface area contributed by atoms with Crippen molar-refractivity contribution in [3.63, 3.8) is 0 Å². The summed E-state index contributed by atoms with van der Waals surface area (Å²) in [6.45, 7) is -6.41. The number of amides is 5. The molecule has 658 valence electrons. The molecule has 8 aliphatic rings. The van der Waals surface area contributed by atoms with Gasteiger partial charge in [0, 0.05) is 34.1 Å². The number of hydrogen-bond acceptors (Lipinski definition) is 45. The normalized spacial score (nSPS) is 44.9. The molecule has 114 heavy (non-hydrogen) atoms. The maximum atomic E-state index is 13.2. The van der Waals surface area contributed by atoms with Gasteiger partial charge in [0.15, 0.2) is 44.0 Å². The third-order valence-electron chi connectivity index (χ3n) is 20.2. The Hall–Kier alpha value is -4.74. The first kappa shape index (κ1) is 94.7. The van der Waals surface area contributed by atoms with Crippen LogP contribution in [0.15, 0.2) is 0 Å². The smallest absolute Gasteiger partial charge is 0.364 e. The van der Waals surface area contributed by atoms with Gasteiger partial charge >= 0.3 is 5.97 Å².